The highest BCUT2D eigenvalue weighted by Crippen LogP contribution is 2.00. The van der Waals surface area contributed by atoms with Crippen molar-refractivity contribution in [3.63, 3.8) is 0 Å². The van der Waals surface area contributed by atoms with Crippen LogP contribution in [0.5, 0.6) is 0 Å². The molecule has 0 bridgehead atoms. The molecule has 0 spiro atoms. The molecule has 98 valence electrons. The minimum absolute atomic E-state index is 0.933. The largest absolute Gasteiger partial charge is 0.478 e. The van der Waals surface area contributed by atoms with Crippen LogP contribution < -0.4 is 0 Å². The summed E-state index contributed by atoms with van der Waals surface area (Å²) in [6.07, 6.45) is 6.14. The van der Waals surface area contributed by atoms with Gasteiger partial charge in [0, 0.05) is 6.08 Å². The normalized spacial score (nSPS) is 11.2. The Morgan fingerprint density at radius 3 is 2.00 bits per heavy atom. The van der Waals surface area contributed by atoms with E-state index in [0.717, 1.165) is 11.6 Å². The van der Waals surface area contributed by atoms with Gasteiger partial charge in [-0.25, -0.2) is 4.79 Å². The second-order valence-electron chi connectivity index (χ2n) is 2.91. The predicted octanol–water partition coefficient (Wildman–Crippen LogP) is 1.69. The average Bonchev–Trinajstić information content (AvgIpc) is 2.23. The fourth-order valence-corrected chi connectivity index (χ4v) is 0.869. The monoisotopic (exact) mass is 272 g/mol. The summed E-state index contributed by atoms with van der Waals surface area (Å²) in [7, 11) is -4.67. The molecule has 1 rings (SSSR count). The number of allylic oxidation sites excluding steroid dienone is 2. The Morgan fingerprint density at radius 2 is 1.56 bits per heavy atom. The van der Waals surface area contributed by atoms with E-state index < -0.39 is 16.4 Å². The van der Waals surface area contributed by atoms with Crippen molar-refractivity contribution in [3.05, 3.63) is 54.1 Å². The zero-order valence-corrected chi connectivity index (χ0v) is 9.99. The lowest BCUT2D eigenvalue weighted by atomic mass is 10.2. The molecule has 7 heteroatoms. The number of carbonyl (C=O) groups is 1. The lowest BCUT2D eigenvalue weighted by Crippen LogP contribution is -1.89. The quantitative estimate of drug-likeness (QED) is 0.438. The van der Waals surface area contributed by atoms with E-state index in [1.165, 1.54) is 6.08 Å². The summed E-state index contributed by atoms with van der Waals surface area (Å²) in [5.41, 5.74) is 1.05. The van der Waals surface area contributed by atoms with Crippen molar-refractivity contribution in [1.29, 1.82) is 0 Å². The Balaban J connectivity index is 0.000000494. The van der Waals surface area contributed by atoms with Gasteiger partial charge < -0.3 is 5.11 Å². The number of rotatable bonds is 3. The lowest BCUT2D eigenvalue weighted by molar-refractivity contribution is -0.131. The van der Waals surface area contributed by atoms with E-state index in [1.54, 1.807) is 6.08 Å². The molecule has 1 aromatic carbocycles. The summed E-state index contributed by atoms with van der Waals surface area (Å²) in [6.45, 7) is 0. The fraction of sp³-hybridized carbons (Fsp3) is 0. The van der Waals surface area contributed by atoms with Gasteiger partial charge in [0.05, 0.1) is 0 Å². The maximum Gasteiger partial charge on any atom is 0.394 e. The van der Waals surface area contributed by atoms with Crippen LogP contribution in [0, 0.1) is 0 Å². The zero-order chi connectivity index (χ0) is 14.0. The molecule has 0 unspecified atom stereocenters. The maximum absolute atomic E-state index is 10.1. The van der Waals surface area contributed by atoms with E-state index in [-0.39, 0.29) is 0 Å². The molecular weight excluding hydrogens is 260 g/mol. The molecule has 0 aromatic heterocycles. The molecule has 18 heavy (non-hydrogen) atoms. The Labute approximate surface area is 104 Å². The molecule has 0 aliphatic carbocycles. The molecule has 0 saturated heterocycles. The van der Waals surface area contributed by atoms with Crippen LogP contribution >= 0.6 is 0 Å². The first-order chi connectivity index (χ1) is 8.29. The summed E-state index contributed by atoms with van der Waals surface area (Å²) < 4.78 is 31.6. The summed E-state index contributed by atoms with van der Waals surface area (Å²) >= 11 is 0. The first kappa shape index (κ1) is 16.0. The Morgan fingerprint density at radius 1 is 1.06 bits per heavy atom. The van der Waals surface area contributed by atoms with Crippen LogP contribution in [0.25, 0.3) is 6.08 Å². The SMILES string of the molecule is O=C(O)C=CC=Cc1ccccc1.O=S(=O)(O)O. The number of benzene rings is 1. The predicted molar refractivity (Wildman–Crippen MR) is 66.4 cm³/mol. The third kappa shape index (κ3) is 14.0. The van der Waals surface area contributed by atoms with Crippen LogP contribution in [0.3, 0.4) is 0 Å². The number of aliphatic carboxylic acids is 1. The minimum Gasteiger partial charge on any atom is -0.478 e. The molecular formula is C11H12O6S. The van der Waals surface area contributed by atoms with Crippen molar-refractivity contribution < 1.29 is 27.4 Å². The van der Waals surface area contributed by atoms with Crippen molar-refractivity contribution in [2.45, 2.75) is 0 Å². The van der Waals surface area contributed by atoms with E-state index in [2.05, 4.69) is 0 Å². The molecule has 0 saturated carbocycles. The zero-order valence-electron chi connectivity index (χ0n) is 9.17. The first-order valence-corrected chi connectivity index (χ1v) is 6.01. The standard InChI is InChI=1S/C11H10O2.H2O4S/c12-11(13)9-5-4-8-10-6-2-1-3-7-10;1-5(2,3)4/h1-9H,(H,12,13);(H2,1,2,3,4). The highest BCUT2D eigenvalue weighted by Gasteiger charge is 1.84. The van der Waals surface area contributed by atoms with Crippen molar-refractivity contribution in [3.8, 4) is 0 Å². The van der Waals surface area contributed by atoms with Gasteiger partial charge in [-0.3, -0.25) is 9.11 Å². The van der Waals surface area contributed by atoms with E-state index in [4.69, 9.17) is 22.6 Å². The van der Waals surface area contributed by atoms with Gasteiger partial charge in [0.15, 0.2) is 0 Å². The minimum atomic E-state index is -4.67. The van der Waals surface area contributed by atoms with Gasteiger partial charge in [0.1, 0.15) is 0 Å². The second-order valence-corrected chi connectivity index (χ2v) is 3.81. The summed E-state index contributed by atoms with van der Waals surface area (Å²) in [4.78, 5) is 10.1. The third-order valence-corrected chi connectivity index (χ3v) is 1.44. The molecule has 6 nitrogen and oxygen atoms in total. The molecule has 3 N–H and O–H groups in total. The van der Waals surface area contributed by atoms with Crippen LogP contribution in [0.15, 0.2) is 48.6 Å². The van der Waals surface area contributed by atoms with Gasteiger partial charge in [-0.15, -0.1) is 0 Å². The Kier molecular flexibility index (Phi) is 7.29. The number of hydrogen-bond donors (Lipinski definition) is 3. The fourth-order valence-electron chi connectivity index (χ4n) is 0.869. The van der Waals surface area contributed by atoms with Crippen LogP contribution in [-0.4, -0.2) is 28.6 Å². The Hall–Kier alpha value is -1.96. The third-order valence-electron chi connectivity index (χ3n) is 1.44. The van der Waals surface area contributed by atoms with Crippen molar-refractivity contribution in [2.75, 3.05) is 0 Å². The highest BCUT2D eigenvalue weighted by atomic mass is 32.3. The summed E-state index contributed by atoms with van der Waals surface area (Å²) in [6, 6.07) is 9.70. The average molecular weight is 272 g/mol. The first-order valence-electron chi connectivity index (χ1n) is 4.61. The topological polar surface area (TPSA) is 112 Å². The molecule has 0 amide bonds. The van der Waals surface area contributed by atoms with Gasteiger partial charge in [-0.2, -0.15) is 8.42 Å². The van der Waals surface area contributed by atoms with Crippen LogP contribution in [-0.2, 0) is 15.2 Å². The van der Waals surface area contributed by atoms with Crippen LogP contribution in [0.2, 0.25) is 0 Å². The van der Waals surface area contributed by atoms with Gasteiger partial charge in [-0.05, 0) is 5.56 Å². The van der Waals surface area contributed by atoms with Crippen LogP contribution in [0.4, 0.5) is 0 Å². The van der Waals surface area contributed by atoms with Gasteiger partial charge in [0.2, 0.25) is 0 Å². The highest BCUT2D eigenvalue weighted by molar-refractivity contribution is 7.79. The Bertz CT molecular complexity index is 508. The van der Waals surface area contributed by atoms with Crippen molar-refractivity contribution in [1.82, 2.24) is 0 Å². The molecule has 0 aliphatic heterocycles. The molecule has 0 heterocycles. The molecule has 0 aliphatic rings. The lowest BCUT2D eigenvalue weighted by Gasteiger charge is -1.87. The molecule has 0 atom stereocenters. The molecule has 0 radical (unpaired) electrons. The smallest absolute Gasteiger partial charge is 0.394 e. The number of carboxylic acids is 1. The van der Waals surface area contributed by atoms with Gasteiger partial charge in [-0.1, -0.05) is 48.6 Å². The van der Waals surface area contributed by atoms with E-state index in [9.17, 15) is 4.79 Å². The molecule has 1 aromatic rings. The van der Waals surface area contributed by atoms with Gasteiger partial charge >= 0.3 is 16.4 Å². The van der Waals surface area contributed by atoms with Crippen molar-refractivity contribution >= 4 is 22.4 Å². The van der Waals surface area contributed by atoms with Crippen LogP contribution in [0.1, 0.15) is 5.56 Å². The van der Waals surface area contributed by atoms with E-state index in [0.29, 0.717) is 0 Å². The number of carboxylic acid groups (broad SMARTS) is 1. The van der Waals surface area contributed by atoms with E-state index in [1.807, 2.05) is 36.4 Å². The number of hydrogen-bond acceptors (Lipinski definition) is 3. The van der Waals surface area contributed by atoms with E-state index >= 15 is 0 Å². The summed E-state index contributed by atoms with van der Waals surface area (Å²) in [5.74, 6) is -0.933. The van der Waals surface area contributed by atoms with Crippen molar-refractivity contribution in [2.24, 2.45) is 0 Å². The van der Waals surface area contributed by atoms with Gasteiger partial charge in [0.25, 0.3) is 0 Å². The summed E-state index contributed by atoms with van der Waals surface area (Å²) in [5, 5.41) is 8.29. The second kappa shape index (κ2) is 8.18. The maximum atomic E-state index is 10.1. The molecule has 0 fully saturated rings.